The van der Waals surface area contributed by atoms with Gasteiger partial charge in [-0.1, -0.05) is 43.8 Å². The molecule has 3 atom stereocenters. The van der Waals surface area contributed by atoms with Gasteiger partial charge in [-0.05, 0) is 98.7 Å². The summed E-state index contributed by atoms with van der Waals surface area (Å²) in [6.45, 7) is 19.3. The number of nitrogens with one attached hydrogen (secondary N) is 9. The number of hydrogen-bond donors (Lipinski definition) is 9. The van der Waals surface area contributed by atoms with Crippen LogP contribution < -0.4 is 48.6 Å². The molecule has 3 aliphatic heterocycles. The Morgan fingerprint density at radius 2 is 0.670 bits per heavy atom. The number of ether oxygens (including phenoxy) is 3. The molecule has 3 aromatic carbocycles. The van der Waals surface area contributed by atoms with Crippen molar-refractivity contribution in [3.05, 3.63) is 138 Å². The van der Waals surface area contributed by atoms with E-state index in [4.69, 9.17) is 29.2 Å². The van der Waals surface area contributed by atoms with Crippen LogP contribution in [-0.4, -0.2) is 119 Å². The summed E-state index contributed by atoms with van der Waals surface area (Å²) in [5, 5.41) is 20.1. The van der Waals surface area contributed by atoms with Gasteiger partial charge in [0.25, 0.3) is 34.4 Å². The zero-order chi connectivity index (χ0) is 62.8. The fourth-order valence-electron chi connectivity index (χ4n) is 10.9. The summed E-state index contributed by atoms with van der Waals surface area (Å²) in [5.74, 6) is 1.08. The van der Waals surface area contributed by atoms with Gasteiger partial charge in [0.2, 0.25) is 17.8 Å². The molecule has 3 amide bonds. The number of fused-ring (bicyclic) bond motifs is 6. The molecule has 9 aromatic rings. The topological polar surface area (TPSA) is 303 Å². The number of nitrogens with zero attached hydrogens (tertiary/aromatic N) is 6. The first-order valence-electron chi connectivity index (χ1n) is 28.5. The average molecular weight is 1200 g/mol. The highest BCUT2D eigenvalue weighted by atomic mass is 16.5. The van der Waals surface area contributed by atoms with E-state index >= 15 is 0 Å². The molecule has 0 saturated heterocycles. The van der Waals surface area contributed by atoms with Crippen molar-refractivity contribution in [1.29, 1.82) is 0 Å². The maximum atomic E-state index is 12.9. The number of anilines is 3. The summed E-state index contributed by atoms with van der Waals surface area (Å²) < 4.78 is 20.2. The third-order valence-corrected chi connectivity index (χ3v) is 14.9. The van der Waals surface area contributed by atoms with E-state index in [-0.39, 0.29) is 76.6 Å². The number of hydrogen-bond acceptors (Lipinski definition) is 15. The van der Waals surface area contributed by atoms with E-state index in [2.05, 4.69) is 46.9 Å². The second-order valence-electron chi connectivity index (χ2n) is 25.1. The lowest BCUT2D eigenvalue weighted by Gasteiger charge is -2.23. The molecule has 88 heavy (non-hydrogen) atoms. The maximum absolute atomic E-state index is 12.9. The summed E-state index contributed by atoms with van der Waals surface area (Å²) in [6.07, 6.45) is 0. The summed E-state index contributed by atoms with van der Waals surface area (Å²) in [4.78, 5) is 100. The van der Waals surface area contributed by atoms with Crippen molar-refractivity contribution < 1.29 is 28.6 Å². The fraction of sp³-hybridized carbons (Fsp3) is 0.391. The minimum atomic E-state index is -0.251. The smallest absolute Gasteiger partial charge is 0.262 e. The van der Waals surface area contributed by atoms with Gasteiger partial charge >= 0.3 is 0 Å². The molecule has 0 fully saturated rings. The minimum Gasteiger partial charge on any atom is -0.382 e. The number of aromatic nitrogens is 9. The Labute approximate surface area is 508 Å². The Balaban J connectivity index is 0.000000156. The number of benzene rings is 3. The maximum Gasteiger partial charge on any atom is 0.262 e. The van der Waals surface area contributed by atoms with E-state index in [1.807, 2.05) is 117 Å². The third kappa shape index (κ3) is 12.3. The SMILES string of the molecule is C.COCC1NC(=O)c2cc(-c3cccc4c(=O)n(C)c(NC(C)(C)C)nc34)[nH]c21.COC[C@@H]1NC(=O)c2cc(-c3cccc4c(=O)n(C)c(NC(C)(C)C)nc34)[nH]c21.COC[C@H]1NC(=O)c2cc(-c3cccc4c(=O)n(C)c(NC(C)(C)C)nc34)[nH]c21. The highest BCUT2D eigenvalue weighted by Gasteiger charge is 2.35. The number of para-hydroxylation sites is 3. The number of methoxy groups -OCH3 is 3. The lowest BCUT2D eigenvalue weighted by molar-refractivity contribution is 0.0920. The van der Waals surface area contributed by atoms with E-state index in [0.29, 0.717) is 87.1 Å². The van der Waals surface area contributed by atoms with Gasteiger partial charge in [-0.2, -0.15) is 0 Å². The standard InChI is InChI=1S/3C21H25N5O3.CH4/c3*1-21(2,3)25-20-24-16-11(7-6-8-12(16)19(28)26(20)4)14-9-13-17(22-14)15(10-29-5)23-18(13)27;/h3*6-9,15,22H,10H2,1-5H3,(H,23,27)(H,24,25);1H4/t2*15-;;/m10../s1. The number of aromatic amines is 3. The van der Waals surface area contributed by atoms with Crippen molar-refractivity contribution in [2.45, 2.75) is 104 Å². The first-order chi connectivity index (χ1) is 41.1. The molecule has 6 aromatic heterocycles. The molecule has 24 nitrogen and oxygen atoms in total. The Hall–Kier alpha value is -9.39. The van der Waals surface area contributed by atoms with Crippen molar-refractivity contribution >= 4 is 68.3 Å². The zero-order valence-corrected chi connectivity index (χ0v) is 51.6. The van der Waals surface area contributed by atoms with Gasteiger partial charge in [0, 0.05) is 92.9 Å². The number of carbonyl (C=O) groups is 3. The van der Waals surface area contributed by atoms with Gasteiger partial charge in [0.1, 0.15) is 0 Å². The molecule has 0 radical (unpaired) electrons. The van der Waals surface area contributed by atoms with Gasteiger partial charge in [-0.3, -0.25) is 42.5 Å². The van der Waals surface area contributed by atoms with Gasteiger partial charge in [0.05, 0.1) is 104 Å². The summed E-state index contributed by atoms with van der Waals surface area (Å²) in [6, 6.07) is 21.3. The van der Waals surface area contributed by atoms with Crippen LogP contribution >= 0.6 is 0 Å². The molecule has 1 unspecified atom stereocenters. The quantitative estimate of drug-likeness (QED) is 0.0555. The molecular weight excluding hydrogens is 1120 g/mol. The Morgan fingerprint density at radius 1 is 0.420 bits per heavy atom. The first kappa shape index (κ1) is 63.1. The molecular formula is C64H79N15O9. The van der Waals surface area contributed by atoms with Crippen LogP contribution in [0.4, 0.5) is 17.8 Å². The minimum absolute atomic E-state index is 0. The van der Waals surface area contributed by atoms with E-state index in [0.717, 1.165) is 50.9 Å². The van der Waals surface area contributed by atoms with Crippen molar-refractivity contribution in [2.75, 3.05) is 57.1 Å². The van der Waals surface area contributed by atoms with Crippen LogP contribution in [0.25, 0.3) is 66.5 Å². The number of amides is 3. The molecule has 0 bridgehead atoms. The largest absolute Gasteiger partial charge is 0.382 e. The van der Waals surface area contributed by atoms with Crippen LogP contribution in [0.3, 0.4) is 0 Å². The summed E-state index contributed by atoms with van der Waals surface area (Å²) in [5.41, 5.74) is 9.36. The van der Waals surface area contributed by atoms with E-state index in [9.17, 15) is 28.8 Å². The van der Waals surface area contributed by atoms with E-state index < -0.39 is 0 Å². The molecule has 9 heterocycles. The van der Waals surface area contributed by atoms with Crippen LogP contribution in [-0.2, 0) is 35.4 Å². The summed E-state index contributed by atoms with van der Waals surface area (Å²) >= 11 is 0. The molecule has 0 saturated carbocycles. The van der Waals surface area contributed by atoms with Crippen LogP contribution in [0, 0.1) is 0 Å². The molecule has 12 rings (SSSR count). The highest BCUT2D eigenvalue weighted by Crippen LogP contribution is 2.37. The van der Waals surface area contributed by atoms with Crippen LogP contribution in [0.2, 0.25) is 0 Å². The molecule has 3 aliphatic rings. The lowest BCUT2D eigenvalue weighted by atomic mass is 10.1. The molecule has 464 valence electrons. The zero-order valence-electron chi connectivity index (χ0n) is 51.6. The number of rotatable bonds is 12. The third-order valence-electron chi connectivity index (χ3n) is 14.9. The van der Waals surface area contributed by atoms with Crippen LogP contribution in [0.5, 0.6) is 0 Å². The highest BCUT2D eigenvalue weighted by molar-refractivity contribution is 6.04. The normalized spacial score (nSPS) is 16.0. The number of H-pyrrole nitrogens is 3. The average Bonchev–Trinajstić information content (AvgIpc) is 2.27. The van der Waals surface area contributed by atoms with Crippen molar-refractivity contribution in [1.82, 2.24) is 59.6 Å². The van der Waals surface area contributed by atoms with Crippen LogP contribution in [0.1, 0.15) is 136 Å². The van der Waals surface area contributed by atoms with Crippen molar-refractivity contribution in [3.8, 4) is 33.8 Å². The second kappa shape index (κ2) is 24.1. The molecule has 24 heteroatoms. The molecule has 0 aliphatic carbocycles. The Morgan fingerprint density at radius 3 is 0.898 bits per heavy atom. The predicted molar refractivity (Wildman–Crippen MR) is 343 cm³/mol. The van der Waals surface area contributed by atoms with Crippen molar-refractivity contribution in [2.24, 2.45) is 21.1 Å². The monoisotopic (exact) mass is 1200 g/mol. The lowest BCUT2D eigenvalue weighted by Crippen LogP contribution is -2.32. The summed E-state index contributed by atoms with van der Waals surface area (Å²) in [7, 11) is 9.92. The molecule has 9 N–H and O–H groups in total. The van der Waals surface area contributed by atoms with E-state index in [1.165, 1.54) is 13.7 Å². The predicted octanol–water partition coefficient (Wildman–Crippen LogP) is 8.35. The van der Waals surface area contributed by atoms with Gasteiger partial charge in [0.15, 0.2) is 0 Å². The van der Waals surface area contributed by atoms with E-state index in [1.54, 1.807) is 60.7 Å². The van der Waals surface area contributed by atoms with Crippen LogP contribution in [0.15, 0.2) is 87.2 Å². The second-order valence-corrected chi connectivity index (χ2v) is 25.1. The Kier molecular flexibility index (Phi) is 17.3. The number of carbonyl (C=O) groups excluding carboxylic acids is 3. The van der Waals surface area contributed by atoms with Gasteiger partial charge in [-0.25, -0.2) is 15.0 Å². The first-order valence-corrected chi connectivity index (χ1v) is 28.5. The van der Waals surface area contributed by atoms with Gasteiger partial charge < -0.3 is 61.1 Å². The fourth-order valence-corrected chi connectivity index (χ4v) is 10.9. The van der Waals surface area contributed by atoms with Crippen molar-refractivity contribution in [3.63, 3.8) is 0 Å². The Bertz CT molecular complexity index is 3950. The molecule has 0 spiro atoms. The van der Waals surface area contributed by atoms with Gasteiger partial charge in [-0.15, -0.1) is 0 Å².